The second kappa shape index (κ2) is 5.34. The SMILES string of the molecule is CCNC(=O)[C@H](C)Oc1ccc(F)cc1. The first-order chi connectivity index (χ1) is 7.13. The van der Waals surface area contributed by atoms with Crippen molar-refractivity contribution < 1.29 is 13.9 Å². The van der Waals surface area contributed by atoms with E-state index in [4.69, 9.17) is 4.74 Å². The Morgan fingerprint density at radius 1 is 1.47 bits per heavy atom. The number of hydrogen-bond donors (Lipinski definition) is 1. The van der Waals surface area contributed by atoms with Gasteiger partial charge in [-0.15, -0.1) is 0 Å². The van der Waals surface area contributed by atoms with E-state index < -0.39 is 6.10 Å². The lowest BCUT2D eigenvalue weighted by molar-refractivity contribution is -0.127. The number of likely N-dealkylation sites (N-methyl/N-ethyl adjacent to an activating group) is 1. The summed E-state index contributed by atoms with van der Waals surface area (Å²) in [5.41, 5.74) is 0. The maximum atomic E-state index is 12.6. The number of amides is 1. The molecule has 0 aromatic heterocycles. The van der Waals surface area contributed by atoms with Gasteiger partial charge < -0.3 is 10.1 Å². The summed E-state index contributed by atoms with van der Waals surface area (Å²) in [5, 5.41) is 2.64. The molecule has 0 aliphatic heterocycles. The smallest absolute Gasteiger partial charge is 0.260 e. The van der Waals surface area contributed by atoms with Gasteiger partial charge in [0.1, 0.15) is 11.6 Å². The zero-order valence-electron chi connectivity index (χ0n) is 8.79. The lowest BCUT2D eigenvalue weighted by Crippen LogP contribution is -2.36. The van der Waals surface area contributed by atoms with Crippen molar-refractivity contribution in [1.29, 1.82) is 0 Å². The van der Waals surface area contributed by atoms with Crippen molar-refractivity contribution in [3.63, 3.8) is 0 Å². The monoisotopic (exact) mass is 211 g/mol. The molecule has 15 heavy (non-hydrogen) atoms. The van der Waals surface area contributed by atoms with Crippen LogP contribution in [0.3, 0.4) is 0 Å². The maximum Gasteiger partial charge on any atom is 0.260 e. The van der Waals surface area contributed by atoms with Crippen molar-refractivity contribution in [2.24, 2.45) is 0 Å². The minimum absolute atomic E-state index is 0.179. The summed E-state index contributed by atoms with van der Waals surface area (Å²) in [4.78, 5) is 11.3. The van der Waals surface area contributed by atoms with Gasteiger partial charge in [0.2, 0.25) is 0 Å². The molecule has 1 rings (SSSR count). The van der Waals surface area contributed by atoms with Crippen LogP contribution >= 0.6 is 0 Å². The molecule has 0 fully saturated rings. The Bertz CT molecular complexity index is 324. The molecule has 0 spiro atoms. The molecule has 1 aromatic rings. The molecular formula is C11H14FNO2. The van der Waals surface area contributed by atoms with Gasteiger partial charge in [0.15, 0.2) is 6.10 Å². The minimum atomic E-state index is -0.574. The van der Waals surface area contributed by atoms with E-state index in [1.54, 1.807) is 6.92 Å². The number of ether oxygens (including phenoxy) is 1. The van der Waals surface area contributed by atoms with Crippen molar-refractivity contribution in [2.45, 2.75) is 20.0 Å². The molecule has 0 aliphatic rings. The van der Waals surface area contributed by atoms with Crippen molar-refractivity contribution >= 4 is 5.91 Å². The van der Waals surface area contributed by atoms with Gasteiger partial charge >= 0.3 is 0 Å². The quantitative estimate of drug-likeness (QED) is 0.823. The first-order valence-corrected chi connectivity index (χ1v) is 4.83. The highest BCUT2D eigenvalue weighted by Gasteiger charge is 2.12. The average Bonchev–Trinajstić information content (AvgIpc) is 2.22. The number of benzene rings is 1. The first-order valence-electron chi connectivity index (χ1n) is 4.83. The van der Waals surface area contributed by atoms with E-state index in [2.05, 4.69) is 5.32 Å². The van der Waals surface area contributed by atoms with Gasteiger partial charge in [0, 0.05) is 6.54 Å². The molecule has 0 saturated heterocycles. The van der Waals surface area contributed by atoms with Crippen LogP contribution in [0.1, 0.15) is 13.8 Å². The molecule has 0 bridgehead atoms. The second-order valence-corrected chi connectivity index (χ2v) is 3.11. The summed E-state index contributed by atoms with van der Waals surface area (Å²) in [5.74, 6) is -0.0232. The molecule has 0 heterocycles. The Kier molecular flexibility index (Phi) is 4.09. The molecule has 1 amide bonds. The van der Waals surface area contributed by atoms with Crippen LogP contribution < -0.4 is 10.1 Å². The van der Waals surface area contributed by atoms with Crippen LogP contribution in [0.5, 0.6) is 5.75 Å². The Morgan fingerprint density at radius 2 is 2.07 bits per heavy atom. The van der Waals surface area contributed by atoms with Gasteiger partial charge in [-0.1, -0.05) is 0 Å². The Hall–Kier alpha value is -1.58. The highest BCUT2D eigenvalue weighted by molar-refractivity contribution is 5.80. The van der Waals surface area contributed by atoms with E-state index in [0.717, 1.165) is 0 Å². The van der Waals surface area contributed by atoms with Crippen LogP contribution in [-0.2, 0) is 4.79 Å². The van der Waals surface area contributed by atoms with Crippen LogP contribution in [0.15, 0.2) is 24.3 Å². The van der Waals surface area contributed by atoms with E-state index >= 15 is 0 Å². The first kappa shape index (κ1) is 11.5. The third-order valence-electron chi connectivity index (χ3n) is 1.85. The Morgan fingerprint density at radius 3 is 2.60 bits per heavy atom. The molecule has 0 aliphatic carbocycles. The molecule has 1 atom stereocenters. The largest absolute Gasteiger partial charge is 0.481 e. The zero-order valence-corrected chi connectivity index (χ0v) is 8.79. The summed E-state index contributed by atoms with van der Waals surface area (Å²) >= 11 is 0. The number of carbonyl (C=O) groups excluding carboxylic acids is 1. The topological polar surface area (TPSA) is 38.3 Å². The molecule has 82 valence electrons. The lowest BCUT2D eigenvalue weighted by atomic mass is 10.3. The molecular weight excluding hydrogens is 197 g/mol. The third-order valence-corrected chi connectivity index (χ3v) is 1.85. The summed E-state index contributed by atoms with van der Waals surface area (Å²) in [7, 11) is 0. The van der Waals surface area contributed by atoms with Crippen molar-refractivity contribution in [3.05, 3.63) is 30.1 Å². The van der Waals surface area contributed by atoms with E-state index in [1.807, 2.05) is 6.92 Å². The summed E-state index contributed by atoms with van der Waals surface area (Å²) in [6, 6.07) is 5.57. The van der Waals surface area contributed by atoms with E-state index in [0.29, 0.717) is 12.3 Å². The molecule has 0 radical (unpaired) electrons. The number of halogens is 1. The Labute approximate surface area is 88.2 Å². The summed E-state index contributed by atoms with van der Waals surface area (Å²) in [6.45, 7) is 4.05. The molecule has 1 N–H and O–H groups in total. The van der Waals surface area contributed by atoms with E-state index in [-0.39, 0.29) is 11.7 Å². The summed E-state index contributed by atoms with van der Waals surface area (Å²) in [6.07, 6.45) is -0.574. The lowest BCUT2D eigenvalue weighted by Gasteiger charge is -2.13. The number of nitrogens with one attached hydrogen (secondary N) is 1. The number of rotatable bonds is 4. The predicted molar refractivity (Wildman–Crippen MR) is 55.2 cm³/mol. The summed E-state index contributed by atoms with van der Waals surface area (Å²) < 4.78 is 17.9. The molecule has 0 unspecified atom stereocenters. The number of carbonyl (C=O) groups is 1. The van der Waals surface area contributed by atoms with Crippen LogP contribution in [0.4, 0.5) is 4.39 Å². The predicted octanol–water partition coefficient (Wildman–Crippen LogP) is 1.73. The second-order valence-electron chi connectivity index (χ2n) is 3.11. The molecule has 0 saturated carbocycles. The van der Waals surface area contributed by atoms with E-state index in [1.165, 1.54) is 24.3 Å². The fraction of sp³-hybridized carbons (Fsp3) is 0.364. The zero-order chi connectivity index (χ0) is 11.3. The van der Waals surface area contributed by atoms with Gasteiger partial charge in [-0.2, -0.15) is 0 Å². The molecule has 3 nitrogen and oxygen atoms in total. The van der Waals surface area contributed by atoms with Crippen LogP contribution in [0, 0.1) is 5.82 Å². The van der Waals surface area contributed by atoms with Crippen molar-refractivity contribution in [1.82, 2.24) is 5.32 Å². The highest BCUT2D eigenvalue weighted by atomic mass is 19.1. The van der Waals surface area contributed by atoms with Gasteiger partial charge in [-0.05, 0) is 38.1 Å². The van der Waals surface area contributed by atoms with Gasteiger partial charge in [0.05, 0.1) is 0 Å². The van der Waals surface area contributed by atoms with Crippen LogP contribution in [0.2, 0.25) is 0 Å². The average molecular weight is 211 g/mol. The van der Waals surface area contributed by atoms with Gasteiger partial charge in [-0.3, -0.25) is 4.79 Å². The fourth-order valence-corrected chi connectivity index (χ4v) is 1.09. The third kappa shape index (κ3) is 3.58. The van der Waals surface area contributed by atoms with Gasteiger partial charge in [0.25, 0.3) is 5.91 Å². The van der Waals surface area contributed by atoms with E-state index in [9.17, 15) is 9.18 Å². The minimum Gasteiger partial charge on any atom is -0.481 e. The highest BCUT2D eigenvalue weighted by Crippen LogP contribution is 2.12. The van der Waals surface area contributed by atoms with Crippen LogP contribution in [0.25, 0.3) is 0 Å². The van der Waals surface area contributed by atoms with Gasteiger partial charge in [-0.25, -0.2) is 4.39 Å². The molecule has 1 aromatic carbocycles. The fourth-order valence-electron chi connectivity index (χ4n) is 1.09. The van der Waals surface area contributed by atoms with Crippen LogP contribution in [-0.4, -0.2) is 18.6 Å². The van der Waals surface area contributed by atoms with Crippen molar-refractivity contribution in [2.75, 3.05) is 6.54 Å². The van der Waals surface area contributed by atoms with Crippen molar-refractivity contribution in [3.8, 4) is 5.75 Å². The molecule has 4 heteroatoms. The number of hydrogen-bond acceptors (Lipinski definition) is 2. The standard InChI is InChI=1S/C11H14FNO2/c1-3-13-11(14)8(2)15-10-6-4-9(12)5-7-10/h4-8H,3H2,1-2H3,(H,13,14)/t8-/m0/s1. The normalized spacial score (nSPS) is 11.9. The maximum absolute atomic E-state index is 12.6. The Balaban J connectivity index is 2.54.